The molecule has 0 amide bonds. The highest BCUT2D eigenvalue weighted by atomic mass is 35.5. The highest BCUT2D eigenvalue weighted by Crippen LogP contribution is 2.46. The summed E-state index contributed by atoms with van der Waals surface area (Å²) in [6.45, 7) is 8.98. The van der Waals surface area contributed by atoms with Gasteiger partial charge in [-0.1, -0.05) is 45.4 Å². The lowest BCUT2D eigenvalue weighted by atomic mass is 9.84. The smallest absolute Gasteiger partial charge is 0.0587 e. The Morgan fingerprint density at radius 3 is 2.68 bits per heavy atom. The van der Waals surface area contributed by atoms with E-state index in [1.807, 2.05) is 6.07 Å². The molecule has 0 aromatic heterocycles. The minimum Gasteiger partial charge on any atom is -0.395 e. The quantitative estimate of drug-likeness (QED) is 0.884. The fourth-order valence-corrected chi connectivity index (χ4v) is 3.18. The van der Waals surface area contributed by atoms with Gasteiger partial charge >= 0.3 is 0 Å². The number of aliphatic hydroxyl groups is 1. The largest absolute Gasteiger partial charge is 0.395 e. The second-order valence-electron chi connectivity index (χ2n) is 6.64. The lowest BCUT2D eigenvalue weighted by Crippen LogP contribution is -2.43. The summed E-state index contributed by atoms with van der Waals surface area (Å²) in [6, 6.07) is 6.53. The third-order valence-corrected chi connectivity index (χ3v) is 4.46. The molecule has 1 aliphatic rings. The third kappa shape index (κ3) is 2.96. The van der Waals surface area contributed by atoms with E-state index in [1.165, 1.54) is 11.1 Å². The molecule has 0 bridgehead atoms. The Hall–Kier alpha value is -0.570. The van der Waals surface area contributed by atoms with Crippen LogP contribution in [0.25, 0.3) is 0 Å². The summed E-state index contributed by atoms with van der Waals surface area (Å²) in [7, 11) is 0. The number of hydrogen-bond donors (Lipinski definition) is 2. The van der Waals surface area contributed by atoms with Crippen molar-refractivity contribution >= 4 is 11.6 Å². The predicted molar refractivity (Wildman–Crippen MR) is 80.5 cm³/mol. The van der Waals surface area contributed by atoms with Crippen molar-refractivity contribution < 1.29 is 5.11 Å². The van der Waals surface area contributed by atoms with Gasteiger partial charge in [0.1, 0.15) is 0 Å². The predicted octanol–water partition coefficient (Wildman–Crippen LogP) is 3.57. The van der Waals surface area contributed by atoms with Crippen LogP contribution in [0.4, 0.5) is 0 Å². The van der Waals surface area contributed by atoms with Gasteiger partial charge in [0.2, 0.25) is 0 Å². The standard InChI is InChI=1S/C16H24ClNO/c1-10(2)14(9-19)18-15-13-7-12(17)6-5-11(13)8-16(15,3)4/h5-7,10,14-15,18-19H,8-9H2,1-4H3. The molecule has 2 nitrogen and oxygen atoms in total. The van der Waals surface area contributed by atoms with Gasteiger partial charge in [-0.15, -0.1) is 0 Å². The van der Waals surface area contributed by atoms with Crippen molar-refractivity contribution in [1.29, 1.82) is 0 Å². The minimum absolute atomic E-state index is 0.120. The van der Waals surface area contributed by atoms with Gasteiger partial charge in [-0.25, -0.2) is 0 Å². The van der Waals surface area contributed by atoms with Gasteiger partial charge in [0.15, 0.2) is 0 Å². The fraction of sp³-hybridized carbons (Fsp3) is 0.625. The zero-order valence-electron chi connectivity index (χ0n) is 12.2. The van der Waals surface area contributed by atoms with Gasteiger partial charge in [-0.05, 0) is 41.0 Å². The zero-order valence-corrected chi connectivity index (χ0v) is 13.0. The highest BCUT2D eigenvalue weighted by molar-refractivity contribution is 6.30. The Bertz CT molecular complexity index is 456. The molecule has 3 heteroatoms. The molecule has 0 heterocycles. The van der Waals surface area contributed by atoms with E-state index in [0.717, 1.165) is 11.4 Å². The minimum atomic E-state index is 0.120. The molecular formula is C16H24ClNO. The number of halogens is 1. The molecule has 2 unspecified atom stereocenters. The van der Waals surface area contributed by atoms with Crippen LogP contribution in [0, 0.1) is 11.3 Å². The number of hydrogen-bond acceptors (Lipinski definition) is 2. The molecule has 0 radical (unpaired) electrons. The van der Waals surface area contributed by atoms with Crippen LogP contribution >= 0.6 is 11.6 Å². The van der Waals surface area contributed by atoms with Crippen molar-refractivity contribution in [3.05, 3.63) is 34.3 Å². The van der Waals surface area contributed by atoms with Crippen molar-refractivity contribution in [2.24, 2.45) is 11.3 Å². The summed E-state index contributed by atoms with van der Waals surface area (Å²) < 4.78 is 0. The van der Waals surface area contributed by atoms with Crippen LogP contribution in [-0.2, 0) is 6.42 Å². The van der Waals surface area contributed by atoms with E-state index in [9.17, 15) is 5.11 Å². The molecule has 0 spiro atoms. The second-order valence-corrected chi connectivity index (χ2v) is 7.08. The van der Waals surface area contributed by atoms with Crippen LogP contribution in [0.15, 0.2) is 18.2 Å². The Morgan fingerprint density at radius 2 is 2.11 bits per heavy atom. The van der Waals surface area contributed by atoms with Crippen molar-refractivity contribution in [2.75, 3.05) is 6.61 Å². The van der Waals surface area contributed by atoms with Crippen molar-refractivity contribution in [3.8, 4) is 0 Å². The number of benzene rings is 1. The molecule has 2 atom stereocenters. The van der Waals surface area contributed by atoms with Crippen LogP contribution in [-0.4, -0.2) is 17.8 Å². The van der Waals surface area contributed by atoms with Gasteiger partial charge < -0.3 is 10.4 Å². The molecule has 0 fully saturated rings. The van der Waals surface area contributed by atoms with E-state index in [4.69, 9.17) is 11.6 Å². The Kier molecular flexibility index (Phi) is 4.24. The summed E-state index contributed by atoms with van der Waals surface area (Å²) in [5.74, 6) is 0.407. The van der Waals surface area contributed by atoms with Gasteiger partial charge in [0.25, 0.3) is 0 Å². The summed E-state index contributed by atoms with van der Waals surface area (Å²) in [6.07, 6.45) is 1.05. The third-order valence-electron chi connectivity index (χ3n) is 4.23. The highest BCUT2D eigenvalue weighted by Gasteiger charge is 2.40. The lowest BCUT2D eigenvalue weighted by molar-refractivity contribution is 0.165. The number of nitrogens with one attached hydrogen (secondary N) is 1. The van der Waals surface area contributed by atoms with Crippen molar-refractivity contribution in [3.63, 3.8) is 0 Å². The first-order valence-electron chi connectivity index (χ1n) is 7.00. The molecule has 1 aromatic rings. The van der Waals surface area contributed by atoms with Crippen LogP contribution in [0.5, 0.6) is 0 Å². The molecule has 106 valence electrons. The second kappa shape index (κ2) is 5.43. The van der Waals surface area contributed by atoms with Gasteiger partial charge in [-0.3, -0.25) is 0 Å². The summed E-state index contributed by atoms with van der Waals surface area (Å²) in [5.41, 5.74) is 2.80. The fourth-order valence-electron chi connectivity index (χ4n) is 2.99. The summed E-state index contributed by atoms with van der Waals surface area (Å²) in [4.78, 5) is 0. The topological polar surface area (TPSA) is 32.3 Å². The van der Waals surface area contributed by atoms with E-state index >= 15 is 0 Å². The van der Waals surface area contributed by atoms with Crippen molar-refractivity contribution in [2.45, 2.75) is 46.2 Å². The maximum Gasteiger partial charge on any atom is 0.0587 e. The molecular weight excluding hydrogens is 258 g/mol. The maximum atomic E-state index is 9.54. The van der Waals surface area contributed by atoms with E-state index in [1.54, 1.807) is 0 Å². The first kappa shape index (κ1) is 14.8. The van der Waals surface area contributed by atoms with Crippen LogP contribution in [0.1, 0.15) is 44.9 Å². The van der Waals surface area contributed by atoms with E-state index in [-0.39, 0.29) is 24.1 Å². The van der Waals surface area contributed by atoms with E-state index < -0.39 is 0 Å². The van der Waals surface area contributed by atoms with Crippen molar-refractivity contribution in [1.82, 2.24) is 5.32 Å². The normalized spacial score (nSPS) is 22.6. The number of rotatable bonds is 4. The molecule has 19 heavy (non-hydrogen) atoms. The lowest BCUT2D eigenvalue weighted by Gasteiger charge is -2.33. The molecule has 1 aromatic carbocycles. The molecule has 1 aliphatic carbocycles. The number of aliphatic hydroxyl groups excluding tert-OH is 1. The molecule has 0 saturated heterocycles. The first-order chi connectivity index (χ1) is 8.85. The van der Waals surface area contributed by atoms with Crippen LogP contribution < -0.4 is 5.32 Å². The molecule has 0 saturated carbocycles. The van der Waals surface area contributed by atoms with Gasteiger partial charge in [0, 0.05) is 17.1 Å². The maximum absolute atomic E-state index is 9.54. The molecule has 2 rings (SSSR count). The monoisotopic (exact) mass is 281 g/mol. The number of fused-ring (bicyclic) bond motifs is 1. The molecule has 2 N–H and O–H groups in total. The SMILES string of the molecule is CC(C)C(CO)NC1c2cc(Cl)ccc2CC1(C)C. The van der Waals surface area contributed by atoms with E-state index in [0.29, 0.717) is 5.92 Å². The first-order valence-corrected chi connectivity index (χ1v) is 7.38. The summed E-state index contributed by atoms with van der Waals surface area (Å²) >= 11 is 6.14. The Morgan fingerprint density at radius 1 is 1.42 bits per heavy atom. The van der Waals surface area contributed by atoms with Crippen LogP contribution in [0.3, 0.4) is 0 Å². The van der Waals surface area contributed by atoms with Crippen LogP contribution in [0.2, 0.25) is 5.02 Å². The Labute approximate surface area is 121 Å². The average Bonchev–Trinajstić information content (AvgIpc) is 2.56. The average molecular weight is 282 g/mol. The van der Waals surface area contributed by atoms with E-state index in [2.05, 4.69) is 45.1 Å². The molecule has 0 aliphatic heterocycles. The zero-order chi connectivity index (χ0) is 14.2. The van der Waals surface area contributed by atoms with Gasteiger partial charge in [0.05, 0.1) is 6.61 Å². The Balaban J connectivity index is 2.31. The van der Waals surface area contributed by atoms with Gasteiger partial charge in [-0.2, -0.15) is 0 Å². The summed E-state index contributed by atoms with van der Waals surface area (Å²) in [5, 5.41) is 14.0.